The largest absolute Gasteiger partial charge is 0.480 e. The highest BCUT2D eigenvalue weighted by Gasteiger charge is 2.38. The van der Waals surface area contributed by atoms with Gasteiger partial charge in [0.2, 0.25) is 5.78 Å². The van der Waals surface area contributed by atoms with E-state index in [1.54, 1.807) is 0 Å². The molecule has 0 atom stereocenters. The number of hydrogen-bond donors (Lipinski definition) is 3. The van der Waals surface area contributed by atoms with Crippen LogP contribution < -0.4 is 5.73 Å². The van der Waals surface area contributed by atoms with Gasteiger partial charge in [-0.2, -0.15) is 0 Å². The highest BCUT2D eigenvalue weighted by molar-refractivity contribution is 6.33. The molecule has 1 aliphatic rings. The van der Waals surface area contributed by atoms with Crippen LogP contribution in [0.4, 0.5) is 0 Å². The second kappa shape index (κ2) is 4.28. The molecule has 0 saturated carbocycles. The molecule has 6 nitrogen and oxygen atoms in total. The lowest BCUT2D eigenvalue weighted by atomic mass is 9.79. The van der Waals surface area contributed by atoms with Gasteiger partial charge in [-0.15, -0.1) is 0 Å². The molecule has 86 valence electrons. The molecular formula is C10H11NO5. The van der Waals surface area contributed by atoms with Crippen LogP contribution in [0.3, 0.4) is 0 Å². The van der Waals surface area contributed by atoms with Crippen LogP contribution in [0.1, 0.15) is 6.42 Å². The Balaban J connectivity index is 2.96. The molecule has 0 fully saturated rings. The number of hydrogen-bond acceptors (Lipinski definition) is 4. The van der Waals surface area contributed by atoms with Gasteiger partial charge >= 0.3 is 11.9 Å². The van der Waals surface area contributed by atoms with Gasteiger partial charge in [0, 0.05) is 12.5 Å². The average molecular weight is 225 g/mol. The predicted molar refractivity (Wildman–Crippen MR) is 53.6 cm³/mol. The molecule has 4 N–H and O–H groups in total. The molecule has 0 amide bonds. The van der Waals surface area contributed by atoms with Crippen LogP contribution in [0.15, 0.2) is 24.3 Å². The van der Waals surface area contributed by atoms with Gasteiger partial charge in [0.1, 0.15) is 5.41 Å². The Hall–Kier alpha value is -1.95. The second-order valence-electron chi connectivity index (χ2n) is 3.55. The highest BCUT2D eigenvalue weighted by Crippen LogP contribution is 2.30. The molecule has 0 heterocycles. The molecule has 0 bridgehead atoms. The van der Waals surface area contributed by atoms with Crippen LogP contribution in [0.25, 0.3) is 0 Å². The van der Waals surface area contributed by atoms with Gasteiger partial charge in [-0.3, -0.25) is 9.59 Å². The third-order valence-corrected chi connectivity index (χ3v) is 2.32. The van der Waals surface area contributed by atoms with Crippen LogP contribution in [-0.4, -0.2) is 34.0 Å². The first-order valence-corrected chi connectivity index (χ1v) is 4.51. The lowest BCUT2D eigenvalue weighted by molar-refractivity contribution is -0.152. The summed E-state index contributed by atoms with van der Waals surface area (Å²) in [5.41, 5.74) is 3.89. The summed E-state index contributed by atoms with van der Waals surface area (Å²) >= 11 is 0. The van der Waals surface area contributed by atoms with Crippen molar-refractivity contribution in [3.05, 3.63) is 24.3 Å². The van der Waals surface area contributed by atoms with Crippen molar-refractivity contribution in [2.24, 2.45) is 11.1 Å². The van der Waals surface area contributed by atoms with E-state index in [-0.39, 0.29) is 0 Å². The third kappa shape index (κ3) is 2.34. The normalized spacial score (nSPS) is 27.7. The molecule has 1 rings (SSSR count). The highest BCUT2D eigenvalue weighted by atomic mass is 16.4. The number of carbonyl (C=O) groups is 3. The van der Waals surface area contributed by atoms with Crippen LogP contribution in [-0.2, 0) is 14.4 Å². The van der Waals surface area contributed by atoms with Crippen molar-refractivity contribution < 1.29 is 24.6 Å². The van der Waals surface area contributed by atoms with Crippen molar-refractivity contribution in [3.63, 3.8) is 0 Å². The van der Waals surface area contributed by atoms with Crippen LogP contribution >= 0.6 is 0 Å². The number of Topliss-reactive ketones (excluding diaryl/α,β-unsaturated/α-hetero) is 1. The Labute approximate surface area is 91.1 Å². The molecule has 0 saturated heterocycles. The maximum atomic E-state index is 11.1. The van der Waals surface area contributed by atoms with Crippen LogP contribution in [0, 0.1) is 5.41 Å². The number of ketones is 1. The topological polar surface area (TPSA) is 118 Å². The van der Waals surface area contributed by atoms with Gasteiger partial charge < -0.3 is 15.9 Å². The van der Waals surface area contributed by atoms with Crippen molar-refractivity contribution in [2.75, 3.05) is 0 Å². The molecule has 0 radical (unpaired) electrons. The quantitative estimate of drug-likeness (QED) is 0.440. The van der Waals surface area contributed by atoms with Crippen molar-refractivity contribution in [1.29, 1.82) is 0 Å². The fourth-order valence-corrected chi connectivity index (χ4v) is 1.36. The van der Waals surface area contributed by atoms with E-state index in [0.717, 1.165) is 0 Å². The Bertz CT molecular complexity index is 382. The van der Waals surface area contributed by atoms with E-state index < -0.39 is 35.6 Å². The molecule has 0 spiro atoms. The van der Waals surface area contributed by atoms with Gasteiger partial charge in [-0.05, 0) is 0 Å². The SMILES string of the molecule is NC1C=CC(CC(=O)C(=O)O)(C(=O)O)C=C1. The molecule has 0 aromatic carbocycles. The maximum absolute atomic E-state index is 11.1. The Kier molecular flexibility index (Phi) is 3.24. The molecule has 1 aliphatic carbocycles. The zero-order valence-corrected chi connectivity index (χ0v) is 8.29. The van der Waals surface area contributed by atoms with Crippen molar-refractivity contribution in [2.45, 2.75) is 12.5 Å². The molecule has 0 unspecified atom stereocenters. The first kappa shape index (κ1) is 12.1. The fourth-order valence-electron chi connectivity index (χ4n) is 1.36. The summed E-state index contributed by atoms with van der Waals surface area (Å²) in [6.07, 6.45) is 4.73. The summed E-state index contributed by atoms with van der Waals surface area (Å²) in [6.45, 7) is 0. The zero-order valence-electron chi connectivity index (χ0n) is 8.29. The van der Waals surface area contributed by atoms with Gasteiger partial charge in [0.05, 0.1) is 0 Å². The van der Waals surface area contributed by atoms with Crippen molar-refractivity contribution in [3.8, 4) is 0 Å². The minimum Gasteiger partial charge on any atom is -0.480 e. The molecular weight excluding hydrogens is 214 g/mol. The minimum absolute atomic E-state index is 0.410. The van der Waals surface area contributed by atoms with Gasteiger partial charge in [0.15, 0.2) is 0 Å². The molecule has 16 heavy (non-hydrogen) atoms. The number of rotatable bonds is 4. The average Bonchev–Trinajstić information content (AvgIpc) is 2.21. The second-order valence-corrected chi connectivity index (χ2v) is 3.55. The molecule has 0 aromatic heterocycles. The van der Waals surface area contributed by atoms with E-state index in [1.807, 2.05) is 0 Å². The summed E-state index contributed by atoms with van der Waals surface area (Å²) in [4.78, 5) is 32.5. The number of aliphatic carboxylic acids is 2. The van der Waals surface area contributed by atoms with E-state index >= 15 is 0 Å². The molecule has 0 aromatic rings. The smallest absolute Gasteiger partial charge is 0.372 e. The van der Waals surface area contributed by atoms with Crippen LogP contribution in [0.5, 0.6) is 0 Å². The Morgan fingerprint density at radius 3 is 2.06 bits per heavy atom. The van der Waals surface area contributed by atoms with Gasteiger partial charge in [0.25, 0.3) is 0 Å². The van der Waals surface area contributed by atoms with E-state index in [2.05, 4.69) is 0 Å². The summed E-state index contributed by atoms with van der Waals surface area (Å²) in [5, 5.41) is 17.5. The van der Waals surface area contributed by atoms with Gasteiger partial charge in [-0.1, -0.05) is 24.3 Å². The first-order chi connectivity index (χ1) is 7.37. The predicted octanol–water partition coefficient (Wildman–Crippen LogP) is -0.446. The Morgan fingerprint density at radius 2 is 1.69 bits per heavy atom. The fraction of sp³-hybridized carbons (Fsp3) is 0.300. The zero-order chi connectivity index (χ0) is 12.3. The van der Waals surface area contributed by atoms with E-state index in [4.69, 9.17) is 15.9 Å². The standard InChI is InChI=1S/C10H11NO5/c11-6-1-3-10(4-2-6,9(15)16)5-7(12)8(13)14/h1-4,6H,5,11H2,(H,13,14)(H,15,16). The molecule has 0 aliphatic heterocycles. The third-order valence-electron chi connectivity index (χ3n) is 2.32. The van der Waals surface area contributed by atoms with E-state index in [0.29, 0.717) is 0 Å². The maximum Gasteiger partial charge on any atom is 0.372 e. The summed E-state index contributed by atoms with van der Waals surface area (Å²) in [7, 11) is 0. The summed E-state index contributed by atoms with van der Waals surface area (Å²) < 4.78 is 0. The van der Waals surface area contributed by atoms with Gasteiger partial charge in [-0.25, -0.2) is 4.79 Å². The number of carbonyl (C=O) groups excluding carboxylic acids is 1. The monoisotopic (exact) mass is 225 g/mol. The number of nitrogens with two attached hydrogens (primary N) is 1. The van der Waals surface area contributed by atoms with Crippen LogP contribution in [0.2, 0.25) is 0 Å². The summed E-state index contributed by atoms with van der Waals surface area (Å²) in [5.74, 6) is -4.06. The lowest BCUT2D eigenvalue weighted by Gasteiger charge is -2.24. The Morgan fingerprint density at radius 1 is 1.19 bits per heavy atom. The lowest BCUT2D eigenvalue weighted by Crippen LogP contribution is -2.35. The minimum atomic E-state index is -1.64. The van der Waals surface area contributed by atoms with Crippen molar-refractivity contribution in [1.82, 2.24) is 0 Å². The number of carboxylic acid groups (broad SMARTS) is 2. The molecule has 6 heteroatoms. The van der Waals surface area contributed by atoms with E-state index in [1.165, 1.54) is 24.3 Å². The van der Waals surface area contributed by atoms with E-state index in [9.17, 15) is 14.4 Å². The van der Waals surface area contributed by atoms with Crippen molar-refractivity contribution >= 4 is 17.7 Å². The first-order valence-electron chi connectivity index (χ1n) is 4.51. The number of carboxylic acids is 2. The summed E-state index contributed by atoms with van der Waals surface area (Å²) in [6, 6.07) is -0.410.